The van der Waals surface area contributed by atoms with Gasteiger partial charge in [0.05, 0.1) is 5.69 Å². The third-order valence-corrected chi connectivity index (χ3v) is 3.15. The molecule has 1 aromatic carbocycles. The van der Waals surface area contributed by atoms with Crippen molar-refractivity contribution in [2.45, 2.75) is 6.10 Å². The van der Waals surface area contributed by atoms with Crippen molar-refractivity contribution in [3.05, 3.63) is 52.9 Å². The van der Waals surface area contributed by atoms with E-state index in [1.165, 1.54) is 10.6 Å². The zero-order chi connectivity index (χ0) is 14.8. The van der Waals surface area contributed by atoms with Crippen LogP contribution in [-0.4, -0.2) is 23.2 Å². The lowest BCUT2D eigenvalue weighted by molar-refractivity contribution is -0.125. The molecule has 0 fully saturated rings. The molecule has 0 saturated carbocycles. The van der Waals surface area contributed by atoms with Gasteiger partial charge in [0.15, 0.2) is 11.5 Å². The Labute approximate surface area is 120 Å². The van der Waals surface area contributed by atoms with E-state index in [2.05, 4.69) is 5.32 Å². The number of fused-ring (bicyclic) bond motifs is 1. The van der Waals surface area contributed by atoms with Crippen LogP contribution in [0.3, 0.4) is 0 Å². The standard InChI is InChI=1S/C15H14N2O4/c1-17-8-10(6-7-14(17)18)16-15(19)13-9-20-11-4-2-3-5-12(11)21-13/h2-8,13H,9H2,1H3,(H,16,19)/t13-/m1/s1. The van der Waals surface area contributed by atoms with Gasteiger partial charge < -0.3 is 19.4 Å². The maximum atomic E-state index is 12.2. The van der Waals surface area contributed by atoms with Crippen LogP contribution in [0.1, 0.15) is 0 Å². The second kappa shape index (κ2) is 5.32. The van der Waals surface area contributed by atoms with Gasteiger partial charge in [-0.2, -0.15) is 0 Å². The first kappa shape index (κ1) is 13.2. The SMILES string of the molecule is Cn1cc(NC(=O)[C@H]2COc3ccccc3O2)ccc1=O. The summed E-state index contributed by atoms with van der Waals surface area (Å²) in [5, 5.41) is 2.71. The molecule has 0 bridgehead atoms. The van der Waals surface area contributed by atoms with Crippen LogP contribution in [0.15, 0.2) is 47.4 Å². The van der Waals surface area contributed by atoms with Crippen LogP contribution in [0.5, 0.6) is 11.5 Å². The molecule has 3 rings (SSSR count). The van der Waals surface area contributed by atoms with Gasteiger partial charge in [-0.25, -0.2) is 0 Å². The highest BCUT2D eigenvalue weighted by atomic mass is 16.6. The third kappa shape index (κ3) is 2.74. The molecule has 1 atom stereocenters. The van der Waals surface area contributed by atoms with E-state index in [0.717, 1.165) is 0 Å². The molecule has 0 radical (unpaired) electrons. The van der Waals surface area contributed by atoms with E-state index in [0.29, 0.717) is 17.2 Å². The number of amides is 1. The highest BCUT2D eigenvalue weighted by molar-refractivity contribution is 5.94. The van der Waals surface area contributed by atoms with Crippen molar-refractivity contribution in [3.63, 3.8) is 0 Å². The quantitative estimate of drug-likeness (QED) is 0.899. The van der Waals surface area contributed by atoms with Gasteiger partial charge in [-0.1, -0.05) is 12.1 Å². The second-order valence-electron chi connectivity index (χ2n) is 4.72. The van der Waals surface area contributed by atoms with Gasteiger partial charge in [0.25, 0.3) is 5.91 Å². The summed E-state index contributed by atoms with van der Waals surface area (Å²) in [6, 6.07) is 10.1. The molecule has 6 nitrogen and oxygen atoms in total. The van der Waals surface area contributed by atoms with Crippen LogP contribution in [0.2, 0.25) is 0 Å². The fourth-order valence-corrected chi connectivity index (χ4v) is 2.04. The number of ether oxygens (including phenoxy) is 2. The lowest BCUT2D eigenvalue weighted by Crippen LogP contribution is -2.40. The number of para-hydroxylation sites is 2. The van der Waals surface area contributed by atoms with E-state index in [9.17, 15) is 9.59 Å². The number of nitrogens with zero attached hydrogens (tertiary/aromatic N) is 1. The van der Waals surface area contributed by atoms with Gasteiger partial charge in [-0.05, 0) is 18.2 Å². The van der Waals surface area contributed by atoms with Crippen molar-refractivity contribution >= 4 is 11.6 Å². The molecule has 0 unspecified atom stereocenters. The largest absolute Gasteiger partial charge is 0.485 e. The molecule has 0 saturated heterocycles. The van der Waals surface area contributed by atoms with E-state index in [-0.39, 0.29) is 18.1 Å². The average molecular weight is 286 g/mol. The number of aromatic nitrogens is 1. The normalized spacial score (nSPS) is 16.3. The predicted octanol–water partition coefficient (Wildman–Crippen LogP) is 1.16. The van der Waals surface area contributed by atoms with Crippen molar-refractivity contribution < 1.29 is 14.3 Å². The molecule has 6 heteroatoms. The first-order chi connectivity index (χ1) is 10.1. The first-order valence-electron chi connectivity index (χ1n) is 6.49. The first-order valence-corrected chi connectivity index (χ1v) is 6.49. The Balaban J connectivity index is 1.72. The zero-order valence-electron chi connectivity index (χ0n) is 11.4. The number of nitrogens with one attached hydrogen (secondary N) is 1. The molecule has 2 heterocycles. The Morgan fingerprint density at radius 1 is 1.24 bits per heavy atom. The summed E-state index contributed by atoms with van der Waals surface area (Å²) in [5.74, 6) is 0.858. The van der Waals surface area contributed by atoms with E-state index >= 15 is 0 Å². The summed E-state index contributed by atoms with van der Waals surface area (Å²) in [5.41, 5.74) is 0.392. The molecule has 0 aliphatic carbocycles. The summed E-state index contributed by atoms with van der Waals surface area (Å²) >= 11 is 0. The highest BCUT2D eigenvalue weighted by Gasteiger charge is 2.27. The summed E-state index contributed by atoms with van der Waals surface area (Å²) in [7, 11) is 1.62. The Hall–Kier alpha value is -2.76. The number of rotatable bonds is 2. The lowest BCUT2D eigenvalue weighted by Gasteiger charge is -2.25. The minimum absolute atomic E-state index is 0.140. The summed E-state index contributed by atoms with van der Waals surface area (Å²) in [4.78, 5) is 23.5. The Kier molecular flexibility index (Phi) is 3.35. The minimum atomic E-state index is -0.725. The molecule has 108 valence electrons. The van der Waals surface area contributed by atoms with E-state index in [4.69, 9.17) is 9.47 Å². The number of hydrogen-bond donors (Lipinski definition) is 1. The summed E-state index contributed by atoms with van der Waals surface area (Å²) < 4.78 is 12.5. The van der Waals surface area contributed by atoms with E-state index < -0.39 is 6.10 Å². The van der Waals surface area contributed by atoms with Crippen molar-refractivity contribution in [1.29, 1.82) is 0 Å². The maximum Gasteiger partial charge on any atom is 0.269 e. The zero-order valence-corrected chi connectivity index (χ0v) is 11.4. The Morgan fingerprint density at radius 3 is 2.76 bits per heavy atom. The molecule has 2 aromatic rings. The van der Waals surface area contributed by atoms with Gasteiger partial charge >= 0.3 is 0 Å². The van der Waals surface area contributed by atoms with Gasteiger partial charge in [0.1, 0.15) is 6.61 Å². The topological polar surface area (TPSA) is 69.6 Å². The van der Waals surface area contributed by atoms with Crippen LogP contribution >= 0.6 is 0 Å². The Bertz CT molecular complexity index is 738. The molecule has 1 aromatic heterocycles. The summed E-state index contributed by atoms with van der Waals surface area (Å²) in [6.45, 7) is 0.147. The van der Waals surface area contributed by atoms with Crippen LogP contribution in [0, 0.1) is 0 Å². The number of pyridine rings is 1. The van der Waals surface area contributed by atoms with Gasteiger partial charge in [0.2, 0.25) is 11.7 Å². The van der Waals surface area contributed by atoms with E-state index in [1.807, 2.05) is 12.1 Å². The number of hydrogen-bond acceptors (Lipinski definition) is 4. The van der Waals surface area contributed by atoms with Crippen LogP contribution < -0.4 is 20.3 Å². The smallest absolute Gasteiger partial charge is 0.269 e. The Morgan fingerprint density at radius 2 is 2.00 bits per heavy atom. The molecule has 1 aliphatic rings. The van der Waals surface area contributed by atoms with E-state index in [1.54, 1.807) is 31.4 Å². The monoisotopic (exact) mass is 286 g/mol. The fourth-order valence-electron chi connectivity index (χ4n) is 2.04. The van der Waals surface area contributed by atoms with Crippen LogP contribution in [-0.2, 0) is 11.8 Å². The van der Waals surface area contributed by atoms with Gasteiger partial charge in [0, 0.05) is 19.3 Å². The lowest BCUT2D eigenvalue weighted by atomic mass is 10.2. The third-order valence-electron chi connectivity index (χ3n) is 3.15. The van der Waals surface area contributed by atoms with Gasteiger partial charge in [-0.3, -0.25) is 9.59 Å². The van der Waals surface area contributed by atoms with Crippen molar-refractivity contribution in [2.75, 3.05) is 11.9 Å². The molecule has 1 aliphatic heterocycles. The molecule has 1 N–H and O–H groups in total. The number of anilines is 1. The number of carbonyl (C=O) groups is 1. The number of benzene rings is 1. The second-order valence-corrected chi connectivity index (χ2v) is 4.72. The highest BCUT2D eigenvalue weighted by Crippen LogP contribution is 2.31. The van der Waals surface area contributed by atoms with Gasteiger partial charge in [-0.15, -0.1) is 0 Å². The summed E-state index contributed by atoms with van der Waals surface area (Å²) in [6.07, 6.45) is 0.829. The molecule has 21 heavy (non-hydrogen) atoms. The average Bonchev–Trinajstić information content (AvgIpc) is 2.50. The number of carbonyl (C=O) groups excluding carboxylic acids is 1. The van der Waals surface area contributed by atoms with Crippen LogP contribution in [0.25, 0.3) is 0 Å². The van der Waals surface area contributed by atoms with Crippen LogP contribution in [0.4, 0.5) is 5.69 Å². The van der Waals surface area contributed by atoms with Crippen molar-refractivity contribution in [1.82, 2.24) is 4.57 Å². The molecular weight excluding hydrogens is 272 g/mol. The maximum absolute atomic E-state index is 12.2. The molecule has 0 spiro atoms. The fraction of sp³-hybridized carbons (Fsp3) is 0.200. The predicted molar refractivity (Wildman–Crippen MR) is 76.7 cm³/mol. The minimum Gasteiger partial charge on any atom is -0.485 e. The van der Waals surface area contributed by atoms with Crippen molar-refractivity contribution in [2.24, 2.45) is 7.05 Å². The molecule has 1 amide bonds. The molecular formula is C15H14N2O4. The van der Waals surface area contributed by atoms with Crippen molar-refractivity contribution in [3.8, 4) is 11.5 Å². The number of aryl methyl sites for hydroxylation is 1.